The molecule has 0 saturated carbocycles. The molecule has 0 spiro atoms. The standard InChI is InChI=1S/C11H14BrN/c1-7-4-8-6-9(13)2-3-10(8)11(12)5-7/h4-5,9H,2-3,6,13H2,1H3/t9-/m1/s1. The number of benzene rings is 1. The first kappa shape index (κ1) is 9.22. The van der Waals surface area contributed by atoms with Crippen LogP contribution in [-0.4, -0.2) is 6.04 Å². The van der Waals surface area contributed by atoms with Crippen LogP contribution in [0.4, 0.5) is 0 Å². The Labute approximate surface area is 87.5 Å². The van der Waals surface area contributed by atoms with E-state index in [1.807, 2.05) is 0 Å². The summed E-state index contributed by atoms with van der Waals surface area (Å²) in [4.78, 5) is 0. The van der Waals surface area contributed by atoms with Gasteiger partial charge in [-0.2, -0.15) is 0 Å². The minimum Gasteiger partial charge on any atom is -0.327 e. The Kier molecular flexibility index (Phi) is 2.43. The lowest BCUT2D eigenvalue weighted by atomic mass is 9.88. The fraction of sp³-hybridized carbons (Fsp3) is 0.455. The molecule has 2 rings (SSSR count). The maximum absolute atomic E-state index is 5.93. The van der Waals surface area contributed by atoms with Crippen LogP contribution in [-0.2, 0) is 12.8 Å². The summed E-state index contributed by atoms with van der Waals surface area (Å²) in [6.45, 7) is 2.13. The van der Waals surface area contributed by atoms with E-state index in [9.17, 15) is 0 Å². The van der Waals surface area contributed by atoms with Gasteiger partial charge in [-0.25, -0.2) is 0 Å². The molecule has 1 aliphatic rings. The minimum absolute atomic E-state index is 0.362. The summed E-state index contributed by atoms with van der Waals surface area (Å²) in [5, 5.41) is 0. The van der Waals surface area contributed by atoms with E-state index in [1.165, 1.54) is 21.2 Å². The Balaban J connectivity index is 2.47. The molecule has 0 radical (unpaired) electrons. The highest BCUT2D eigenvalue weighted by molar-refractivity contribution is 9.10. The van der Waals surface area contributed by atoms with Gasteiger partial charge >= 0.3 is 0 Å². The number of aryl methyl sites for hydroxylation is 1. The van der Waals surface area contributed by atoms with Gasteiger partial charge in [-0.15, -0.1) is 0 Å². The van der Waals surface area contributed by atoms with Crippen molar-refractivity contribution < 1.29 is 0 Å². The van der Waals surface area contributed by atoms with Gasteiger partial charge in [-0.05, 0) is 48.9 Å². The van der Waals surface area contributed by atoms with E-state index >= 15 is 0 Å². The molecule has 2 heteroatoms. The molecule has 1 aromatic carbocycles. The van der Waals surface area contributed by atoms with Gasteiger partial charge < -0.3 is 5.73 Å². The largest absolute Gasteiger partial charge is 0.327 e. The zero-order chi connectivity index (χ0) is 9.42. The summed E-state index contributed by atoms with van der Waals surface area (Å²) in [6, 6.07) is 4.82. The van der Waals surface area contributed by atoms with Gasteiger partial charge in [0.25, 0.3) is 0 Å². The number of rotatable bonds is 0. The van der Waals surface area contributed by atoms with E-state index in [0.29, 0.717) is 6.04 Å². The fourth-order valence-electron chi connectivity index (χ4n) is 2.02. The third-order valence-corrected chi connectivity index (χ3v) is 3.39. The predicted molar refractivity (Wildman–Crippen MR) is 58.9 cm³/mol. The van der Waals surface area contributed by atoms with E-state index < -0.39 is 0 Å². The minimum atomic E-state index is 0.362. The van der Waals surface area contributed by atoms with Crippen LogP contribution in [0.5, 0.6) is 0 Å². The quantitative estimate of drug-likeness (QED) is 0.741. The van der Waals surface area contributed by atoms with Gasteiger partial charge in [0.05, 0.1) is 0 Å². The number of nitrogens with two attached hydrogens (primary N) is 1. The van der Waals surface area contributed by atoms with Crippen LogP contribution in [0, 0.1) is 6.92 Å². The van der Waals surface area contributed by atoms with Crippen molar-refractivity contribution in [2.75, 3.05) is 0 Å². The lowest BCUT2D eigenvalue weighted by Gasteiger charge is -2.22. The maximum atomic E-state index is 5.93. The van der Waals surface area contributed by atoms with Crippen molar-refractivity contribution in [2.45, 2.75) is 32.2 Å². The highest BCUT2D eigenvalue weighted by Gasteiger charge is 2.17. The Bertz CT molecular complexity index is 333. The van der Waals surface area contributed by atoms with Crippen molar-refractivity contribution in [1.82, 2.24) is 0 Å². The van der Waals surface area contributed by atoms with E-state index in [0.717, 1.165) is 19.3 Å². The van der Waals surface area contributed by atoms with Crippen LogP contribution < -0.4 is 5.73 Å². The maximum Gasteiger partial charge on any atom is 0.0212 e. The normalized spacial score (nSPS) is 21.3. The van der Waals surface area contributed by atoms with Crippen LogP contribution >= 0.6 is 15.9 Å². The van der Waals surface area contributed by atoms with Crippen molar-refractivity contribution >= 4 is 15.9 Å². The van der Waals surface area contributed by atoms with Crippen LogP contribution in [0.3, 0.4) is 0 Å². The van der Waals surface area contributed by atoms with Crippen molar-refractivity contribution in [3.05, 3.63) is 33.3 Å². The Morgan fingerprint density at radius 3 is 3.00 bits per heavy atom. The highest BCUT2D eigenvalue weighted by Crippen LogP contribution is 2.28. The molecular weight excluding hydrogens is 226 g/mol. The van der Waals surface area contributed by atoms with Gasteiger partial charge in [0, 0.05) is 10.5 Å². The van der Waals surface area contributed by atoms with E-state index in [-0.39, 0.29) is 0 Å². The van der Waals surface area contributed by atoms with Crippen LogP contribution in [0.15, 0.2) is 16.6 Å². The zero-order valence-electron chi connectivity index (χ0n) is 7.81. The lowest BCUT2D eigenvalue weighted by Crippen LogP contribution is -2.28. The van der Waals surface area contributed by atoms with E-state index in [2.05, 4.69) is 35.0 Å². The van der Waals surface area contributed by atoms with Gasteiger partial charge in [0.15, 0.2) is 0 Å². The molecule has 0 aliphatic heterocycles. The van der Waals surface area contributed by atoms with E-state index in [1.54, 1.807) is 0 Å². The summed E-state index contributed by atoms with van der Waals surface area (Å²) in [6.07, 6.45) is 3.28. The van der Waals surface area contributed by atoms with Crippen molar-refractivity contribution in [1.29, 1.82) is 0 Å². The molecule has 0 aromatic heterocycles. The van der Waals surface area contributed by atoms with E-state index in [4.69, 9.17) is 5.73 Å². The van der Waals surface area contributed by atoms with Crippen LogP contribution in [0.25, 0.3) is 0 Å². The molecule has 0 saturated heterocycles. The number of hydrogen-bond donors (Lipinski definition) is 1. The highest BCUT2D eigenvalue weighted by atomic mass is 79.9. The molecule has 13 heavy (non-hydrogen) atoms. The predicted octanol–water partition coefficient (Wildman–Crippen LogP) is 2.57. The fourth-order valence-corrected chi connectivity index (χ4v) is 2.83. The molecular formula is C11H14BrN. The molecule has 1 atom stereocenters. The molecule has 0 fully saturated rings. The second-order valence-corrected chi connectivity index (χ2v) is 4.74. The first-order valence-corrected chi connectivity index (χ1v) is 5.49. The average Bonchev–Trinajstić information content (AvgIpc) is 2.02. The number of halogens is 1. The molecule has 1 nitrogen and oxygen atoms in total. The van der Waals surface area contributed by atoms with Gasteiger partial charge in [-0.3, -0.25) is 0 Å². The lowest BCUT2D eigenvalue weighted by molar-refractivity contribution is 0.575. The molecule has 1 aliphatic carbocycles. The second kappa shape index (κ2) is 3.43. The zero-order valence-corrected chi connectivity index (χ0v) is 9.39. The molecule has 0 heterocycles. The summed E-state index contributed by atoms with van der Waals surface area (Å²) in [7, 11) is 0. The third-order valence-electron chi connectivity index (χ3n) is 2.68. The van der Waals surface area contributed by atoms with Crippen LogP contribution in [0.1, 0.15) is 23.1 Å². The second-order valence-electron chi connectivity index (χ2n) is 3.89. The van der Waals surface area contributed by atoms with Crippen molar-refractivity contribution in [3.63, 3.8) is 0 Å². The summed E-state index contributed by atoms with van der Waals surface area (Å²) < 4.78 is 1.26. The monoisotopic (exact) mass is 239 g/mol. The Hall–Kier alpha value is -0.340. The summed E-state index contributed by atoms with van der Waals surface area (Å²) in [5.41, 5.74) is 10.2. The first-order valence-electron chi connectivity index (χ1n) is 4.70. The first-order chi connectivity index (χ1) is 6.16. The molecule has 70 valence electrons. The molecule has 0 bridgehead atoms. The smallest absolute Gasteiger partial charge is 0.0212 e. The summed E-state index contributed by atoms with van der Waals surface area (Å²) >= 11 is 3.61. The van der Waals surface area contributed by atoms with Gasteiger partial charge in [-0.1, -0.05) is 22.0 Å². The topological polar surface area (TPSA) is 26.0 Å². The molecule has 0 unspecified atom stereocenters. The van der Waals surface area contributed by atoms with Gasteiger partial charge in [0.2, 0.25) is 0 Å². The molecule has 0 amide bonds. The Morgan fingerprint density at radius 2 is 2.23 bits per heavy atom. The summed E-state index contributed by atoms with van der Waals surface area (Å²) in [5.74, 6) is 0. The molecule has 1 aromatic rings. The molecule has 2 N–H and O–H groups in total. The van der Waals surface area contributed by atoms with Crippen molar-refractivity contribution in [2.24, 2.45) is 5.73 Å². The Morgan fingerprint density at radius 1 is 1.46 bits per heavy atom. The number of hydrogen-bond acceptors (Lipinski definition) is 1. The number of fused-ring (bicyclic) bond motifs is 1. The van der Waals surface area contributed by atoms with Gasteiger partial charge in [0.1, 0.15) is 0 Å². The third kappa shape index (κ3) is 1.79. The van der Waals surface area contributed by atoms with Crippen LogP contribution in [0.2, 0.25) is 0 Å². The van der Waals surface area contributed by atoms with Crippen molar-refractivity contribution in [3.8, 4) is 0 Å². The average molecular weight is 240 g/mol. The SMILES string of the molecule is Cc1cc(Br)c2c(c1)C[C@H](N)CC2.